The smallest absolute Gasteiger partial charge is 0.133 e. The molecule has 0 unspecified atom stereocenters. The molecule has 4 heterocycles. The molecule has 0 N–H and O–H groups in total. The van der Waals surface area contributed by atoms with Crippen molar-refractivity contribution in [3.63, 3.8) is 0 Å². The second-order valence-electron chi connectivity index (χ2n) is 9.88. The first kappa shape index (κ1) is 25.4. The van der Waals surface area contributed by atoms with Crippen molar-refractivity contribution in [2.75, 3.05) is 9.80 Å². The Morgan fingerprint density at radius 3 is 0.955 bits per heavy atom. The van der Waals surface area contributed by atoms with Gasteiger partial charge in [-0.1, -0.05) is 24.3 Å². The Morgan fingerprint density at radius 2 is 0.659 bits per heavy atom. The van der Waals surface area contributed by atoms with Gasteiger partial charge in [-0.2, -0.15) is 0 Å². The van der Waals surface area contributed by atoms with Crippen molar-refractivity contribution in [3.05, 3.63) is 123 Å². The average molecular weight is 581 g/mol. The Morgan fingerprint density at radius 1 is 0.386 bits per heavy atom. The minimum absolute atomic E-state index is 0.351. The predicted molar refractivity (Wildman–Crippen MR) is 162 cm³/mol. The number of aromatic nitrogens is 8. The maximum atomic E-state index is 16.1. The molecule has 0 aliphatic rings. The summed E-state index contributed by atoms with van der Waals surface area (Å²) in [6.07, 6.45) is 18.6. The molecule has 10 nitrogen and oxygen atoms in total. The summed E-state index contributed by atoms with van der Waals surface area (Å²) in [7, 11) is 0. The molecule has 8 aromatic rings. The van der Waals surface area contributed by atoms with Crippen LogP contribution in [0.5, 0.6) is 0 Å². The standard InChI is InChI=1S/C32H18F2N10/c33-27-5-30(44(21-11-39-17-40-12-21)22-13-41-18-42-14-22)26-4-2-24-28(34)6-29(25-3-1-23(27)31(26)32(24)25)43(19-7-35-15-36-8-19)20-9-37-16-38-10-20/h1-18H. The molecule has 210 valence electrons. The van der Waals surface area contributed by atoms with Gasteiger partial charge in [-0.05, 0) is 12.1 Å². The molecule has 0 bridgehead atoms. The summed E-state index contributed by atoms with van der Waals surface area (Å²) in [5, 5.41) is 3.18. The highest BCUT2D eigenvalue weighted by molar-refractivity contribution is 6.28. The molecule has 0 radical (unpaired) electrons. The summed E-state index contributed by atoms with van der Waals surface area (Å²) in [6.45, 7) is 0. The van der Waals surface area contributed by atoms with Crippen LogP contribution in [-0.4, -0.2) is 39.9 Å². The van der Waals surface area contributed by atoms with Crippen LogP contribution < -0.4 is 9.80 Å². The Balaban J connectivity index is 1.47. The Labute approximate surface area is 247 Å². The van der Waals surface area contributed by atoms with Crippen molar-refractivity contribution in [2.24, 2.45) is 0 Å². The molecule has 0 atom stereocenters. The second-order valence-corrected chi connectivity index (χ2v) is 9.88. The van der Waals surface area contributed by atoms with Gasteiger partial charge in [-0.3, -0.25) is 0 Å². The van der Waals surface area contributed by atoms with Crippen molar-refractivity contribution >= 4 is 66.4 Å². The van der Waals surface area contributed by atoms with Crippen molar-refractivity contribution in [2.45, 2.75) is 0 Å². The topological polar surface area (TPSA) is 110 Å². The van der Waals surface area contributed by atoms with E-state index in [4.69, 9.17) is 0 Å². The molecule has 0 amide bonds. The molecule has 4 aromatic carbocycles. The lowest BCUT2D eigenvalue weighted by Crippen LogP contribution is -2.13. The van der Waals surface area contributed by atoms with Gasteiger partial charge in [0.25, 0.3) is 0 Å². The largest absolute Gasteiger partial charge is 0.304 e. The van der Waals surface area contributed by atoms with Crippen LogP contribution in [0.2, 0.25) is 0 Å². The molecule has 0 spiro atoms. The van der Waals surface area contributed by atoms with Gasteiger partial charge in [0.05, 0.1) is 83.7 Å². The van der Waals surface area contributed by atoms with Crippen molar-refractivity contribution < 1.29 is 8.78 Å². The van der Waals surface area contributed by atoms with E-state index >= 15 is 8.78 Å². The molecular formula is C32H18F2N10. The lowest BCUT2D eigenvalue weighted by atomic mass is 9.91. The Hall–Kier alpha value is -6.30. The number of hydrogen-bond acceptors (Lipinski definition) is 10. The summed E-state index contributed by atoms with van der Waals surface area (Å²) in [5.41, 5.74) is 3.27. The van der Waals surface area contributed by atoms with E-state index in [1.165, 1.54) is 37.4 Å². The molecule has 44 heavy (non-hydrogen) atoms. The van der Waals surface area contributed by atoms with Gasteiger partial charge < -0.3 is 9.80 Å². The number of anilines is 6. The minimum Gasteiger partial charge on any atom is -0.304 e. The van der Waals surface area contributed by atoms with Gasteiger partial charge in [0.1, 0.15) is 36.9 Å². The molecule has 0 fully saturated rings. The van der Waals surface area contributed by atoms with Crippen LogP contribution in [0, 0.1) is 11.6 Å². The van der Waals surface area contributed by atoms with E-state index in [0.29, 0.717) is 66.4 Å². The van der Waals surface area contributed by atoms with Crippen molar-refractivity contribution in [3.8, 4) is 0 Å². The third-order valence-corrected chi connectivity index (χ3v) is 7.46. The molecular weight excluding hydrogens is 562 g/mol. The highest BCUT2D eigenvalue weighted by atomic mass is 19.1. The van der Waals surface area contributed by atoms with E-state index in [-0.39, 0.29) is 0 Å². The zero-order valence-corrected chi connectivity index (χ0v) is 22.6. The van der Waals surface area contributed by atoms with Crippen molar-refractivity contribution in [1.82, 2.24) is 39.9 Å². The monoisotopic (exact) mass is 580 g/mol. The fraction of sp³-hybridized carbons (Fsp3) is 0. The number of nitrogens with zero attached hydrogens (tertiary/aromatic N) is 10. The van der Waals surface area contributed by atoms with Crippen LogP contribution >= 0.6 is 0 Å². The van der Waals surface area contributed by atoms with E-state index in [1.54, 1.807) is 83.6 Å². The highest BCUT2D eigenvalue weighted by Gasteiger charge is 2.25. The Kier molecular flexibility index (Phi) is 5.89. The fourth-order valence-corrected chi connectivity index (χ4v) is 5.72. The van der Waals surface area contributed by atoms with Gasteiger partial charge in [0.15, 0.2) is 0 Å². The highest BCUT2D eigenvalue weighted by Crippen LogP contribution is 2.48. The molecule has 0 aliphatic carbocycles. The normalized spacial score (nSPS) is 11.4. The summed E-state index contributed by atoms with van der Waals surface area (Å²) in [6, 6.07) is 9.94. The quantitative estimate of drug-likeness (QED) is 0.191. The molecule has 8 rings (SSSR count). The molecule has 12 heteroatoms. The molecule has 0 saturated carbocycles. The average Bonchev–Trinajstić information content (AvgIpc) is 3.08. The summed E-state index contributed by atoms with van der Waals surface area (Å²) in [5.74, 6) is -0.952. The molecule has 0 saturated heterocycles. The molecule has 0 aliphatic heterocycles. The van der Waals surface area contributed by atoms with Crippen LogP contribution in [0.3, 0.4) is 0 Å². The maximum Gasteiger partial charge on any atom is 0.133 e. The predicted octanol–water partition coefficient (Wildman–Crippen LogP) is 6.96. The van der Waals surface area contributed by atoms with Gasteiger partial charge in [0, 0.05) is 32.3 Å². The fourth-order valence-electron chi connectivity index (χ4n) is 5.72. The number of halogens is 2. The first-order valence-electron chi connectivity index (χ1n) is 13.4. The minimum atomic E-state index is -0.476. The zero-order valence-electron chi connectivity index (χ0n) is 22.6. The number of hydrogen-bond donors (Lipinski definition) is 0. The van der Waals surface area contributed by atoms with E-state index in [1.807, 2.05) is 0 Å². The number of benzene rings is 4. The Bertz CT molecular complexity index is 2020. The SMILES string of the molecule is Fc1cc(N(c2cncnc2)c2cncnc2)c2ccc3c(F)cc(N(c4cncnc4)c4cncnc4)c4ccc1c2c34. The second kappa shape index (κ2) is 10.2. The maximum absolute atomic E-state index is 16.1. The third-order valence-electron chi connectivity index (χ3n) is 7.46. The van der Waals surface area contributed by atoms with Crippen molar-refractivity contribution in [1.29, 1.82) is 0 Å². The van der Waals surface area contributed by atoms with E-state index in [9.17, 15) is 0 Å². The molecule has 4 aromatic heterocycles. The van der Waals surface area contributed by atoms with E-state index in [2.05, 4.69) is 39.9 Å². The van der Waals surface area contributed by atoms with Crippen LogP contribution in [0.4, 0.5) is 42.9 Å². The third kappa shape index (κ3) is 4.00. The van der Waals surface area contributed by atoms with Crippen LogP contribution in [0.1, 0.15) is 0 Å². The summed E-state index contributed by atoms with van der Waals surface area (Å²) >= 11 is 0. The van der Waals surface area contributed by atoms with Gasteiger partial charge in [-0.25, -0.2) is 48.7 Å². The van der Waals surface area contributed by atoms with Gasteiger partial charge in [-0.15, -0.1) is 0 Å². The van der Waals surface area contributed by atoms with Crippen LogP contribution in [0.25, 0.3) is 32.3 Å². The summed E-state index contributed by atoms with van der Waals surface area (Å²) < 4.78 is 32.3. The van der Waals surface area contributed by atoms with Crippen LogP contribution in [-0.2, 0) is 0 Å². The van der Waals surface area contributed by atoms with E-state index < -0.39 is 11.6 Å². The lowest BCUT2D eigenvalue weighted by Gasteiger charge is -2.28. The zero-order chi connectivity index (χ0) is 29.6. The lowest BCUT2D eigenvalue weighted by molar-refractivity contribution is 0.639. The first-order chi connectivity index (χ1) is 21.7. The summed E-state index contributed by atoms with van der Waals surface area (Å²) in [4.78, 5) is 37.0. The van der Waals surface area contributed by atoms with Gasteiger partial charge >= 0.3 is 0 Å². The first-order valence-corrected chi connectivity index (χ1v) is 13.4. The van der Waals surface area contributed by atoms with Crippen LogP contribution in [0.15, 0.2) is 111 Å². The van der Waals surface area contributed by atoms with E-state index in [0.717, 1.165) is 0 Å². The number of rotatable bonds is 6. The van der Waals surface area contributed by atoms with Gasteiger partial charge in [0.2, 0.25) is 0 Å².